The van der Waals surface area contributed by atoms with Crippen LogP contribution < -0.4 is 9.47 Å². The minimum atomic E-state index is -0.854. The highest BCUT2D eigenvalue weighted by Gasteiger charge is 2.24. The molecule has 0 amide bonds. The summed E-state index contributed by atoms with van der Waals surface area (Å²) in [4.78, 5) is 18.5. The number of aromatic nitrogens is 3. The highest BCUT2D eigenvalue weighted by Crippen LogP contribution is 2.41. The lowest BCUT2D eigenvalue weighted by Crippen LogP contribution is -1.96. The number of methoxy groups -OCH3 is 2. The van der Waals surface area contributed by atoms with Crippen LogP contribution in [0.15, 0.2) is 27.3 Å². The van der Waals surface area contributed by atoms with Crippen molar-refractivity contribution in [2.75, 3.05) is 14.2 Å². The molecule has 12 heteroatoms. The van der Waals surface area contributed by atoms with Gasteiger partial charge in [0.1, 0.15) is 10.4 Å². The molecule has 0 aliphatic rings. The van der Waals surface area contributed by atoms with E-state index in [2.05, 4.69) is 31.1 Å². The summed E-state index contributed by atoms with van der Waals surface area (Å²) < 4.78 is 15.8. The molecule has 0 saturated carbocycles. The van der Waals surface area contributed by atoms with Crippen molar-refractivity contribution >= 4 is 21.6 Å². The van der Waals surface area contributed by atoms with Crippen LogP contribution >= 0.6 is 15.9 Å². The Morgan fingerprint density at radius 3 is 2.56 bits per heavy atom. The molecule has 11 nitrogen and oxygen atoms in total. The Balaban J connectivity index is 2.10. The number of rotatable bonds is 5. The zero-order chi connectivity index (χ0) is 19.7. The SMILES string of the molecule is COc1cc(OC)c(-c2noc(-c3cc(O)c(O)c([N+](=O)[O-])c3)n2)c(Br)n1. The highest BCUT2D eigenvalue weighted by atomic mass is 79.9. The van der Waals surface area contributed by atoms with Gasteiger partial charge in [-0.05, 0) is 22.0 Å². The molecule has 0 bridgehead atoms. The third kappa shape index (κ3) is 3.33. The number of benzene rings is 1. The van der Waals surface area contributed by atoms with E-state index in [0.717, 1.165) is 12.1 Å². The molecular formula is C15H11BrN4O7. The summed E-state index contributed by atoms with van der Waals surface area (Å²) in [7, 11) is 2.89. The zero-order valence-electron chi connectivity index (χ0n) is 13.8. The Labute approximate surface area is 159 Å². The Morgan fingerprint density at radius 2 is 1.93 bits per heavy atom. The first kappa shape index (κ1) is 18.4. The molecule has 2 N–H and O–H groups in total. The molecule has 1 aromatic carbocycles. The summed E-state index contributed by atoms with van der Waals surface area (Å²) >= 11 is 3.28. The Bertz CT molecular complexity index is 1040. The van der Waals surface area contributed by atoms with E-state index in [4.69, 9.17) is 14.0 Å². The van der Waals surface area contributed by atoms with Gasteiger partial charge in [0.05, 0.1) is 30.3 Å². The zero-order valence-corrected chi connectivity index (χ0v) is 15.4. The Hall–Kier alpha value is -3.41. The molecule has 0 unspecified atom stereocenters. The summed E-state index contributed by atoms with van der Waals surface area (Å²) in [6, 6.07) is 3.59. The van der Waals surface area contributed by atoms with Crippen LogP contribution in [-0.4, -0.2) is 44.5 Å². The van der Waals surface area contributed by atoms with E-state index in [1.807, 2.05) is 0 Å². The van der Waals surface area contributed by atoms with Crippen LogP contribution in [0.2, 0.25) is 0 Å². The van der Waals surface area contributed by atoms with Gasteiger partial charge < -0.3 is 24.2 Å². The molecule has 0 aliphatic heterocycles. The number of hydrogen-bond donors (Lipinski definition) is 2. The summed E-state index contributed by atoms with van der Waals surface area (Å²) in [5, 5.41) is 34.1. The number of nitro groups is 1. The number of halogens is 1. The second-order valence-electron chi connectivity index (χ2n) is 5.08. The molecule has 0 saturated heterocycles. The molecule has 0 radical (unpaired) electrons. The topological polar surface area (TPSA) is 154 Å². The van der Waals surface area contributed by atoms with Crippen molar-refractivity contribution in [3.8, 4) is 46.0 Å². The van der Waals surface area contributed by atoms with Gasteiger partial charge in [-0.2, -0.15) is 4.98 Å². The van der Waals surface area contributed by atoms with Crippen LogP contribution in [0, 0.1) is 10.1 Å². The van der Waals surface area contributed by atoms with Gasteiger partial charge in [-0.15, -0.1) is 0 Å². The maximum Gasteiger partial charge on any atom is 0.315 e. The quantitative estimate of drug-likeness (QED) is 0.262. The highest BCUT2D eigenvalue weighted by molar-refractivity contribution is 9.10. The van der Waals surface area contributed by atoms with Gasteiger partial charge in [0.2, 0.25) is 17.5 Å². The van der Waals surface area contributed by atoms with E-state index in [1.165, 1.54) is 20.3 Å². The van der Waals surface area contributed by atoms with Crippen molar-refractivity contribution in [2.24, 2.45) is 0 Å². The van der Waals surface area contributed by atoms with Crippen LogP contribution in [0.5, 0.6) is 23.1 Å². The first-order chi connectivity index (χ1) is 12.8. The fourth-order valence-electron chi connectivity index (χ4n) is 2.25. The van der Waals surface area contributed by atoms with Crippen molar-refractivity contribution in [2.45, 2.75) is 0 Å². The molecule has 3 aromatic rings. The smallest absolute Gasteiger partial charge is 0.315 e. The standard InChI is InChI=1S/C15H11BrN4O7/c1-25-9-5-10(26-2)17-13(16)11(9)14-18-15(27-19-14)6-3-7(20(23)24)12(22)8(21)4-6/h3-5,21-22H,1-2H3. The number of pyridine rings is 1. The van der Waals surface area contributed by atoms with Crippen molar-refractivity contribution < 1.29 is 29.1 Å². The lowest BCUT2D eigenvalue weighted by Gasteiger charge is -2.08. The van der Waals surface area contributed by atoms with E-state index in [9.17, 15) is 20.3 Å². The van der Waals surface area contributed by atoms with Crippen LogP contribution in [-0.2, 0) is 0 Å². The van der Waals surface area contributed by atoms with Crippen LogP contribution in [0.4, 0.5) is 5.69 Å². The van der Waals surface area contributed by atoms with Gasteiger partial charge in [-0.25, -0.2) is 4.98 Å². The van der Waals surface area contributed by atoms with Gasteiger partial charge in [-0.1, -0.05) is 5.16 Å². The number of nitrogens with zero attached hydrogens (tertiary/aromatic N) is 4. The normalized spacial score (nSPS) is 10.6. The molecule has 27 heavy (non-hydrogen) atoms. The molecule has 0 fully saturated rings. The molecule has 140 valence electrons. The molecule has 3 rings (SSSR count). The number of hydrogen-bond acceptors (Lipinski definition) is 10. The average molecular weight is 439 g/mol. The van der Waals surface area contributed by atoms with E-state index in [-0.39, 0.29) is 17.3 Å². The maximum atomic E-state index is 11.0. The molecule has 2 heterocycles. The third-order valence-corrected chi connectivity index (χ3v) is 4.08. The fraction of sp³-hybridized carbons (Fsp3) is 0.133. The minimum absolute atomic E-state index is 0.0484. The first-order valence-corrected chi connectivity index (χ1v) is 7.98. The Morgan fingerprint density at radius 1 is 1.19 bits per heavy atom. The monoisotopic (exact) mass is 438 g/mol. The molecule has 0 aliphatic carbocycles. The summed E-state index contributed by atoms with van der Waals surface area (Å²) in [6.45, 7) is 0. The van der Waals surface area contributed by atoms with E-state index < -0.39 is 22.1 Å². The van der Waals surface area contributed by atoms with Crippen molar-refractivity contribution in [1.82, 2.24) is 15.1 Å². The largest absolute Gasteiger partial charge is 0.504 e. The van der Waals surface area contributed by atoms with Gasteiger partial charge in [0.25, 0.3) is 5.89 Å². The predicted octanol–water partition coefficient (Wildman–Crippen LogP) is 2.90. The number of aromatic hydroxyl groups is 2. The van der Waals surface area contributed by atoms with E-state index in [1.54, 1.807) is 0 Å². The maximum absolute atomic E-state index is 11.0. The summed E-state index contributed by atoms with van der Waals surface area (Å²) in [5.74, 6) is -0.936. The van der Waals surface area contributed by atoms with Crippen LogP contribution in [0.3, 0.4) is 0 Å². The third-order valence-electron chi connectivity index (χ3n) is 3.51. The lowest BCUT2D eigenvalue weighted by molar-refractivity contribution is -0.385. The molecule has 0 atom stereocenters. The first-order valence-electron chi connectivity index (χ1n) is 7.19. The average Bonchev–Trinajstić information content (AvgIpc) is 3.12. The van der Waals surface area contributed by atoms with Crippen LogP contribution in [0.1, 0.15) is 0 Å². The van der Waals surface area contributed by atoms with Gasteiger partial charge in [0, 0.05) is 12.1 Å². The van der Waals surface area contributed by atoms with Gasteiger partial charge in [-0.3, -0.25) is 10.1 Å². The number of phenolic OH excluding ortho intramolecular Hbond substituents is 2. The minimum Gasteiger partial charge on any atom is -0.504 e. The van der Waals surface area contributed by atoms with E-state index in [0.29, 0.717) is 21.8 Å². The van der Waals surface area contributed by atoms with Crippen molar-refractivity contribution in [3.05, 3.63) is 32.9 Å². The van der Waals surface area contributed by atoms with Crippen LogP contribution in [0.25, 0.3) is 22.8 Å². The Kier molecular flexibility index (Phi) is 4.81. The predicted molar refractivity (Wildman–Crippen MR) is 93.8 cm³/mol. The van der Waals surface area contributed by atoms with Crippen molar-refractivity contribution in [1.29, 1.82) is 0 Å². The summed E-state index contributed by atoms with van der Waals surface area (Å²) in [5.41, 5.74) is -0.285. The van der Waals surface area contributed by atoms with Gasteiger partial charge in [0.15, 0.2) is 5.75 Å². The number of nitro benzene ring substituents is 1. The molecular weight excluding hydrogens is 428 g/mol. The van der Waals surface area contributed by atoms with Gasteiger partial charge >= 0.3 is 5.69 Å². The molecule has 2 aromatic heterocycles. The number of ether oxygens (including phenoxy) is 2. The summed E-state index contributed by atoms with van der Waals surface area (Å²) in [6.07, 6.45) is 0. The van der Waals surface area contributed by atoms with Crippen molar-refractivity contribution in [3.63, 3.8) is 0 Å². The lowest BCUT2D eigenvalue weighted by atomic mass is 10.1. The molecule has 0 spiro atoms. The fourth-order valence-corrected chi connectivity index (χ4v) is 2.80. The van der Waals surface area contributed by atoms with E-state index >= 15 is 0 Å². The number of phenols is 2. The second-order valence-corrected chi connectivity index (χ2v) is 5.83. The second kappa shape index (κ2) is 7.07.